The van der Waals surface area contributed by atoms with Gasteiger partial charge in [-0.05, 0) is 59.0 Å². The van der Waals surface area contributed by atoms with Crippen LogP contribution in [-0.4, -0.2) is 51.4 Å². The first-order chi connectivity index (χ1) is 19.3. The fraction of sp³-hybridized carbons (Fsp3) is 0.367. The highest BCUT2D eigenvalue weighted by Gasteiger charge is 2.49. The fourth-order valence-corrected chi connectivity index (χ4v) is 7.42. The number of likely N-dealkylation sites (tertiary alicyclic amines) is 1. The maximum Gasteiger partial charge on any atom is 0.407 e. The van der Waals surface area contributed by atoms with Gasteiger partial charge in [0.1, 0.15) is 11.6 Å². The van der Waals surface area contributed by atoms with Crippen LogP contribution in [0.25, 0.3) is 0 Å². The van der Waals surface area contributed by atoms with Crippen molar-refractivity contribution < 1.29 is 26.7 Å². The molecule has 3 aromatic rings. The van der Waals surface area contributed by atoms with Crippen molar-refractivity contribution in [2.75, 3.05) is 32.0 Å². The molecule has 1 heterocycles. The summed E-state index contributed by atoms with van der Waals surface area (Å²) in [4.78, 5) is 14.5. The number of hydrogen-bond acceptors (Lipinski definition) is 5. The second-order valence-corrected chi connectivity index (χ2v) is 14.0. The number of alkyl carbamates (subject to hydrolysis) is 1. The van der Waals surface area contributed by atoms with E-state index in [4.69, 9.17) is 27.9 Å². The predicted octanol–water partition coefficient (Wildman–Crippen LogP) is 6.66. The maximum absolute atomic E-state index is 13.8. The molecule has 6 nitrogen and oxygen atoms in total. The lowest BCUT2D eigenvalue weighted by atomic mass is 9.78. The van der Waals surface area contributed by atoms with Crippen molar-refractivity contribution in [3.63, 3.8) is 0 Å². The van der Waals surface area contributed by atoms with Gasteiger partial charge in [-0.2, -0.15) is 0 Å². The zero-order valence-corrected chi connectivity index (χ0v) is 25.1. The van der Waals surface area contributed by atoms with Gasteiger partial charge in [0, 0.05) is 41.2 Å². The van der Waals surface area contributed by atoms with E-state index in [1.54, 1.807) is 24.3 Å². The van der Waals surface area contributed by atoms with E-state index in [-0.39, 0.29) is 36.4 Å². The van der Waals surface area contributed by atoms with E-state index in [9.17, 15) is 22.0 Å². The molecule has 1 N–H and O–H groups in total. The van der Waals surface area contributed by atoms with E-state index in [1.165, 1.54) is 0 Å². The second-order valence-electron chi connectivity index (χ2n) is 11.1. The Labute approximate surface area is 249 Å². The maximum atomic E-state index is 13.8. The predicted molar refractivity (Wildman–Crippen MR) is 157 cm³/mol. The average Bonchev–Trinajstić information content (AvgIpc) is 2.86. The Bertz CT molecular complexity index is 1400. The number of amides is 1. The molecule has 0 radical (unpaired) electrons. The molecule has 0 atom stereocenters. The van der Waals surface area contributed by atoms with E-state index in [1.807, 2.05) is 38.1 Å². The van der Waals surface area contributed by atoms with Gasteiger partial charge < -0.3 is 10.1 Å². The van der Waals surface area contributed by atoms with E-state index in [0.717, 1.165) is 23.3 Å². The summed E-state index contributed by atoms with van der Waals surface area (Å²) in [5, 5.41) is 3.91. The third-order valence-electron chi connectivity index (χ3n) is 6.80. The summed E-state index contributed by atoms with van der Waals surface area (Å²) >= 11 is 12.3. The van der Waals surface area contributed by atoms with Crippen LogP contribution < -0.4 is 5.32 Å². The number of hydrogen-bond donors (Lipinski definition) is 1. The first-order valence-electron chi connectivity index (χ1n) is 13.1. The third-order valence-corrected chi connectivity index (χ3v) is 9.13. The molecule has 1 aliphatic rings. The van der Waals surface area contributed by atoms with E-state index < -0.39 is 38.7 Å². The Kier molecular flexibility index (Phi) is 9.95. The van der Waals surface area contributed by atoms with Crippen molar-refractivity contribution >= 4 is 39.1 Å². The summed E-state index contributed by atoms with van der Waals surface area (Å²) in [5.74, 6) is -2.38. The highest BCUT2D eigenvalue weighted by Crippen LogP contribution is 2.41. The summed E-state index contributed by atoms with van der Waals surface area (Å²) in [5.41, 5.74) is 1.07. The Balaban J connectivity index is 1.59. The molecule has 0 saturated carbocycles. The molecule has 1 aliphatic heterocycles. The van der Waals surface area contributed by atoms with Gasteiger partial charge >= 0.3 is 6.09 Å². The molecule has 1 fully saturated rings. The number of rotatable bonds is 11. The largest absolute Gasteiger partial charge is 0.449 e. The topological polar surface area (TPSA) is 75.7 Å². The first kappa shape index (κ1) is 31.2. The van der Waals surface area contributed by atoms with Crippen molar-refractivity contribution in [2.24, 2.45) is 11.3 Å². The van der Waals surface area contributed by atoms with Crippen LogP contribution >= 0.6 is 23.2 Å². The molecule has 11 heteroatoms. The van der Waals surface area contributed by atoms with Gasteiger partial charge in [-0.15, -0.1) is 0 Å². The highest BCUT2D eigenvalue weighted by molar-refractivity contribution is 7.90. The molecule has 4 rings (SSSR count). The molecule has 3 aromatic carbocycles. The normalized spacial score (nSPS) is 15.1. The standard InChI is InChI=1S/C30H32Cl2F2N2O4S/c1-20(2)14-40-29(37)35-16-30(19-41(38,39)15-21-11-26(33)13-27(34)12-21)17-36(18-30)28(22-3-7-24(31)8-4-22)23-5-9-25(32)10-6-23/h3-13,20,28H,14-19H2,1-2H3,(H,35,37). The zero-order valence-electron chi connectivity index (χ0n) is 22.7. The highest BCUT2D eigenvalue weighted by atomic mass is 35.5. The SMILES string of the molecule is CC(C)COC(=O)NCC1(CS(=O)(=O)Cc2cc(F)cc(F)c2)CN(C(c2ccc(Cl)cc2)c2ccc(Cl)cc2)C1. The number of carbonyl (C=O) groups is 1. The van der Waals surface area contributed by atoms with Crippen LogP contribution in [0.15, 0.2) is 66.7 Å². The van der Waals surface area contributed by atoms with Gasteiger partial charge in [0.15, 0.2) is 9.84 Å². The number of nitrogens with zero attached hydrogens (tertiary/aromatic N) is 1. The van der Waals surface area contributed by atoms with Gasteiger partial charge in [0.05, 0.1) is 24.2 Å². The van der Waals surface area contributed by atoms with Crippen molar-refractivity contribution in [3.05, 3.63) is 105 Å². The number of sulfone groups is 1. The monoisotopic (exact) mass is 624 g/mol. The average molecular weight is 626 g/mol. The number of benzene rings is 3. The van der Waals surface area contributed by atoms with Gasteiger partial charge in [-0.1, -0.05) is 61.3 Å². The smallest absolute Gasteiger partial charge is 0.407 e. The van der Waals surface area contributed by atoms with Crippen LogP contribution in [0.2, 0.25) is 10.0 Å². The van der Waals surface area contributed by atoms with E-state index >= 15 is 0 Å². The Morgan fingerprint density at radius 2 is 1.46 bits per heavy atom. The zero-order chi connectivity index (χ0) is 29.8. The minimum Gasteiger partial charge on any atom is -0.449 e. The van der Waals surface area contributed by atoms with Gasteiger partial charge in [-0.3, -0.25) is 4.90 Å². The molecular weight excluding hydrogens is 593 g/mol. The number of nitrogens with one attached hydrogen (secondary N) is 1. The molecule has 1 amide bonds. The van der Waals surface area contributed by atoms with E-state index in [0.29, 0.717) is 29.2 Å². The fourth-order valence-electron chi connectivity index (χ4n) is 5.18. The van der Waals surface area contributed by atoms with Gasteiger partial charge in [0.2, 0.25) is 0 Å². The summed E-state index contributed by atoms with van der Waals surface area (Å²) < 4.78 is 59.4. The molecule has 0 aromatic heterocycles. The molecule has 1 saturated heterocycles. The van der Waals surface area contributed by atoms with Crippen molar-refractivity contribution in [2.45, 2.75) is 25.6 Å². The van der Waals surface area contributed by atoms with Crippen LogP contribution in [0, 0.1) is 23.0 Å². The number of halogens is 4. The molecule has 0 bridgehead atoms. The quantitative estimate of drug-likeness (QED) is 0.258. The van der Waals surface area contributed by atoms with E-state index in [2.05, 4.69) is 10.2 Å². The lowest BCUT2D eigenvalue weighted by molar-refractivity contribution is -0.00499. The lowest BCUT2D eigenvalue weighted by Gasteiger charge is -2.53. The molecule has 220 valence electrons. The molecule has 41 heavy (non-hydrogen) atoms. The minimum absolute atomic E-state index is 0.0262. The van der Waals surface area contributed by atoms with Gasteiger partial charge in [0.25, 0.3) is 0 Å². The number of carbonyl (C=O) groups excluding carboxylic acids is 1. The third kappa shape index (κ3) is 8.64. The first-order valence-corrected chi connectivity index (χ1v) is 15.7. The van der Waals surface area contributed by atoms with Crippen LogP contribution in [0.4, 0.5) is 13.6 Å². The summed E-state index contributed by atoms with van der Waals surface area (Å²) in [6.07, 6.45) is -0.631. The van der Waals surface area contributed by atoms with Crippen LogP contribution in [0.3, 0.4) is 0 Å². The lowest BCUT2D eigenvalue weighted by Crippen LogP contribution is -2.64. The Morgan fingerprint density at radius 3 is 1.95 bits per heavy atom. The summed E-state index contributed by atoms with van der Waals surface area (Å²) in [6.45, 7) is 4.74. The molecular formula is C30H32Cl2F2N2O4S. The van der Waals surface area contributed by atoms with Crippen LogP contribution in [0.5, 0.6) is 0 Å². The Morgan fingerprint density at radius 1 is 0.951 bits per heavy atom. The van der Waals surface area contributed by atoms with Crippen molar-refractivity contribution in [1.82, 2.24) is 10.2 Å². The van der Waals surface area contributed by atoms with Gasteiger partial charge in [-0.25, -0.2) is 22.0 Å². The Hall–Kier alpha value is -2.72. The molecule has 0 aliphatic carbocycles. The molecule has 0 spiro atoms. The second kappa shape index (κ2) is 13.1. The van der Waals surface area contributed by atoms with Crippen LogP contribution in [0.1, 0.15) is 36.6 Å². The van der Waals surface area contributed by atoms with Crippen molar-refractivity contribution in [3.8, 4) is 0 Å². The summed E-state index contributed by atoms with van der Waals surface area (Å²) in [6, 6.07) is 17.3. The minimum atomic E-state index is -3.84. The number of ether oxygens (including phenoxy) is 1. The van der Waals surface area contributed by atoms with Crippen molar-refractivity contribution in [1.29, 1.82) is 0 Å². The molecule has 0 unspecified atom stereocenters. The van der Waals surface area contributed by atoms with Crippen LogP contribution in [-0.2, 0) is 20.3 Å². The summed E-state index contributed by atoms with van der Waals surface area (Å²) in [7, 11) is -3.84.